The van der Waals surface area contributed by atoms with Crippen LogP contribution >= 0.6 is 0 Å². The number of ketones is 1. The number of methoxy groups -OCH3 is 1. The molecular formula is C17H14FNO2. The molecule has 0 bridgehead atoms. The summed E-state index contributed by atoms with van der Waals surface area (Å²) in [6, 6.07) is 13.0. The molecule has 21 heavy (non-hydrogen) atoms. The summed E-state index contributed by atoms with van der Waals surface area (Å²) in [7, 11) is 1.42. The fourth-order valence-electron chi connectivity index (χ4n) is 2.11. The minimum absolute atomic E-state index is 0.108. The Morgan fingerprint density at radius 1 is 1.29 bits per heavy atom. The topological polar surface area (TPSA) is 50.1 Å². The smallest absolute Gasteiger partial charge is 0.187 e. The first-order valence-corrected chi connectivity index (χ1v) is 6.40. The fraction of sp³-hybridized carbons (Fsp3) is 0.176. The number of halogens is 1. The molecule has 0 fully saturated rings. The molecule has 0 amide bonds. The predicted octanol–water partition coefficient (Wildman–Crippen LogP) is 3.63. The molecular weight excluding hydrogens is 269 g/mol. The van der Waals surface area contributed by atoms with Crippen molar-refractivity contribution >= 4 is 5.78 Å². The second-order valence-corrected chi connectivity index (χ2v) is 4.69. The van der Waals surface area contributed by atoms with Crippen molar-refractivity contribution in [3.8, 4) is 11.8 Å². The van der Waals surface area contributed by atoms with Crippen LogP contribution in [0.5, 0.6) is 5.75 Å². The Bertz CT molecular complexity index is 719. The highest BCUT2D eigenvalue weighted by atomic mass is 19.1. The maximum Gasteiger partial charge on any atom is 0.187 e. The van der Waals surface area contributed by atoms with Gasteiger partial charge in [-0.2, -0.15) is 5.26 Å². The molecule has 0 heterocycles. The Morgan fingerprint density at radius 2 is 2.05 bits per heavy atom. The Hall–Kier alpha value is -2.67. The first-order chi connectivity index (χ1) is 10.1. The number of ether oxygens (including phenoxy) is 1. The molecule has 0 saturated heterocycles. The van der Waals surface area contributed by atoms with E-state index in [0.717, 1.165) is 11.6 Å². The number of nitriles is 1. The van der Waals surface area contributed by atoms with Gasteiger partial charge in [0.05, 0.1) is 18.7 Å². The maximum atomic E-state index is 14.0. The van der Waals surface area contributed by atoms with Gasteiger partial charge in [0.25, 0.3) is 0 Å². The van der Waals surface area contributed by atoms with Gasteiger partial charge in [-0.15, -0.1) is 0 Å². The summed E-state index contributed by atoms with van der Waals surface area (Å²) < 4.78 is 18.9. The highest BCUT2D eigenvalue weighted by Crippen LogP contribution is 2.24. The number of hydrogen-bond acceptors (Lipinski definition) is 3. The van der Waals surface area contributed by atoms with Crippen molar-refractivity contribution in [2.24, 2.45) is 0 Å². The van der Waals surface area contributed by atoms with Gasteiger partial charge < -0.3 is 4.74 Å². The number of hydrogen-bond donors (Lipinski definition) is 0. The molecule has 2 rings (SSSR count). The summed E-state index contributed by atoms with van der Waals surface area (Å²) in [5.74, 6) is -1.93. The molecule has 2 aromatic carbocycles. The molecule has 4 heteroatoms. The minimum Gasteiger partial charge on any atom is -0.497 e. The minimum atomic E-state index is -1.02. The average Bonchev–Trinajstić information content (AvgIpc) is 2.47. The summed E-state index contributed by atoms with van der Waals surface area (Å²) in [5, 5.41) is 9.28. The fourth-order valence-corrected chi connectivity index (χ4v) is 2.11. The van der Waals surface area contributed by atoms with E-state index in [1.54, 1.807) is 18.2 Å². The first-order valence-electron chi connectivity index (χ1n) is 6.40. The van der Waals surface area contributed by atoms with Gasteiger partial charge in [-0.25, -0.2) is 4.39 Å². The Balaban J connectivity index is 2.40. The number of carbonyl (C=O) groups is 1. The van der Waals surface area contributed by atoms with Crippen LogP contribution in [-0.2, 0) is 0 Å². The van der Waals surface area contributed by atoms with Gasteiger partial charge in [0, 0.05) is 6.07 Å². The average molecular weight is 283 g/mol. The van der Waals surface area contributed by atoms with Crippen molar-refractivity contribution in [3.05, 3.63) is 65.0 Å². The third kappa shape index (κ3) is 3.09. The van der Waals surface area contributed by atoms with E-state index in [2.05, 4.69) is 0 Å². The zero-order valence-electron chi connectivity index (χ0n) is 11.8. The summed E-state index contributed by atoms with van der Waals surface area (Å²) >= 11 is 0. The first kappa shape index (κ1) is 14.7. The lowest BCUT2D eigenvalue weighted by molar-refractivity contribution is 0.0975. The molecule has 106 valence electrons. The van der Waals surface area contributed by atoms with Crippen molar-refractivity contribution in [1.82, 2.24) is 0 Å². The zero-order valence-corrected chi connectivity index (χ0v) is 11.8. The highest BCUT2D eigenvalue weighted by molar-refractivity contribution is 6.03. The molecule has 0 radical (unpaired) electrons. The van der Waals surface area contributed by atoms with E-state index in [9.17, 15) is 14.4 Å². The second-order valence-electron chi connectivity index (χ2n) is 4.69. The Morgan fingerprint density at radius 3 is 2.62 bits per heavy atom. The van der Waals surface area contributed by atoms with E-state index in [0.29, 0.717) is 11.3 Å². The molecule has 2 aromatic rings. The third-order valence-electron chi connectivity index (χ3n) is 3.21. The van der Waals surface area contributed by atoms with Crippen LogP contribution in [0.15, 0.2) is 42.5 Å². The number of rotatable bonds is 4. The van der Waals surface area contributed by atoms with E-state index in [-0.39, 0.29) is 5.56 Å². The molecule has 0 aliphatic carbocycles. The largest absolute Gasteiger partial charge is 0.497 e. The molecule has 0 saturated carbocycles. The standard InChI is InChI=1S/C17H14FNO2/c1-11-4-3-5-12(8-11)15(10-19)17(20)14-7-6-13(21-2)9-16(14)18/h3-9,15H,1-2H3. The summed E-state index contributed by atoms with van der Waals surface area (Å²) in [6.07, 6.45) is 0. The van der Waals surface area contributed by atoms with Crippen LogP contribution in [0.4, 0.5) is 4.39 Å². The quantitative estimate of drug-likeness (QED) is 0.805. The Kier molecular flexibility index (Phi) is 4.34. The summed E-state index contributed by atoms with van der Waals surface area (Å²) in [5.41, 5.74) is 1.40. The number of Topliss-reactive ketones (excluding diaryl/α,β-unsaturated/α-hetero) is 1. The molecule has 3 nitrogen and oxygen atoms in total. The molecule has 0 aliphatic rings. The van der Waals surface area contributed by atoms with Gasteiger partial charge in [0.15, 0.2) is 5.78 Å². The van der Waals surface area contributed by atoms with Gasteiger partial charge in [0.2, 0.25) is 0 Å². The number of nitrogens with zero attached hydrogens (tertiary/aromatic N) is 1. The third-order valence-corrected chi connectivity index (χ3v) is 3.21. The van der Waals surface area contributed by atoms with Crippen molar-refractivity contribution in [2.75, 3.05) is 7.11 Å². The van der Waals surface area contributed by atoms with Crippen LogP contribution in [0.2, 0.25) is 0 Å². The number of aryl methyl sites for hydroxylation is 1. The molecule has 0 aliphatic heterocycles. The summed E-state index contributed by atoms with van der Waals surface area (Å²) in [6.45, 7) is 1.87. The van der Waals surface area contributed by atoms with Crippen molar-refractivity contribution in [2.45, 2.75) is 12.8 Å². The summed E-state index contributed by atoms with van der Waals surface area (Å²) in [4.78, 5) is 12.4. The van der Waals surface area contributed by atoms with Crippen LogP contribution < -0.4 is 4.74 Å². The Labute approximate surface area is 122 Å². The van der Waals surface area contributed by atoms with Crippen LogP contribution in [0.25, 0.3) is 0 Å². The second kappa shape index (κ2) is 6.19. The van der Waals surface area contributed by atoms with Crippen LogP contribution in [-0.4, -0.2) is 12.9 Å². The zero-order chi connectivity index (χ0) is 15.4. The highest BCUT2D eigenvalue weighted by Gasteiger charge is 2.24. The van der Waals surface area contributed by atoms with Crippen LogP contribution in [0.3, 0.4) is 0 Å². The van der Waals surface area contributed by atoms with Crippen molar-refractivity contribution < 1.29 is 13.9 Å². The van der Waals surface area contributed by atoms with Gasteiger partial charge in [-0.3, -0.25) is 4.79 Å². The monoisotopic (exact) mass is 283 g/mol. The lowest BCUT2D eigenvalue weighted by Crippen LogP contribution is -2.13. The number of carbonyl (C=O) groups excluding carboxylic acids is 1. The van der Waals surface area contributed by atoms with Gasteiger partial charge in [-0.1, -0.05) is 29.8 Å². The molecule has 1 atom stereocenters. The van der Waals surface area contributed by atoms with E-state index in [1.165, 1.54) is 19.2 Å². The molecule has 0 aromatic heterocycles. The van der Waals surface area contributed by atoms with Crippen LogP contribution in [0, 0.1) is 24.1 Å². The van der Waals surface area contributed by atoms with Crippen molar-refractivity contribution in [1.29, 1.82) is 5.26 Å². The van der Waals surface area contributed by atoms with E-state index < -0.39 is 17.5 Å². The molecule has 0 N–H and O–H groups in total. The molecule has 1 unspecified atom stereocenters. The van der Waals surface area contributed by atoms with E-state index in [1.807, 2.05) is 19.1 Å². The lowest BCUT2D eigenvalue weighted by atomic mass is 9.91. The van der Waals surface area contributed by atoms with E-state index >= 15 is 0 Å². The van der Waals surface area contributed by atoms with Gasteiger partial charge in [-0.05, 0) is 24.6 Å². The predicted molar refractivity (Wildman–Crippen MR) is 76.8 cm³/mol. The van der Waals surface area contributed by atoms with Gasteiger partial charge in [0.1, 0.15) is 17.5 Å². The van der Waals surface area contributed by atoms with Crippen LogP contribution in [0.1, 0.15) is 27.4 Å². The SMILES string of the molecule is COc1ccc(C(=O)C(C#N)c2cccc(C)c2)c(F)c1. The normalized spacial score (nSPS) is 11.5. The molecule has 0 spiro atoms. The van der Waals surface area contributed by atoms with E-state index in [4.69, 9.17) is 4.74 Å². The van der Waals surface area contributed by atoms with Crippen molar-refractivity contribution in [3.63, 3.8) is 0 Å². The van der Waals surface area contributed by atoms with Gasteiger partial charge >= 0.3 is 0 Å². The lowest BCUT2D eigenvalue weighted by Gasteiger charge is -2.11. The maximum absolute atomic E-state index is 14.0. The number of benzene rings is 2.